The molecule has 0 fully saturated rings. The summed E-state index contributed by atoms with van der Waals surface area (Å²) in [6.45, 7) is 3.57. The maximum absolute atomic E-state index is 13.0. The Bertz CT molecular complexity index is 1390. The standard InChI is InChI=1S/C28H31N3O7S/c1-4-37-28(33)19-38-25-15-12-21(16-26(25)36-3)18-29-30-27(32)17-24(22-8-6-5-7-9-22)31-39(34,35)23-13-10-20(2)11-14-23/h5-16,18,24,31H,4,17,19H2,1-3H3,(H,30,32)/b29-18-/t24-/m0/s1. The largest absolute Gasteiger partial charge is 0.493 e. The number of carbonyl (C=O) groups is 2. The van der Waals surface area contributed by atoms with Crippen LogP contribution in [-0.4, -0.2) is 46.8 Å². The van der Waals surface area contributed by atoms with E-state index in [9.17, 15) is 18.0 Å². The number of nitrogens with zero attached hydrogens (tertiary/aromatic N) is 1. The van der Waals surface area contributed by atoms with E-state index in [0.717, 1.165) is 5.56 Å². The minimum Gasteiger partial charge on any atom is -0.493 e. The van der Waals surface area contributed by atoms with Crippen LogP contribution in [-0.2, 0) is 24.3 Å². The molecule has 2 N–H and O–H groups in total. The van der Waals surface area contributed by atoms with E-state index in [1.54, 1.807) is 67.6 Å². The summed E-state index contributed by atoms with van der Waals surface area (Å²) in [5, 5.41) is 3.98. The lowest BCUT2D eigenvalue weighted by molar-refractivity contribution is -0.145. The molecule has 0 radical (unpaired) electrons. The van der Waals surface area contributed by atoms with Crippen molar-refractivity contribution in [2.75, 3.05) is 20.3 Å². The van der Waals surface area contributed by atoms with Crippen molar-refractivity contribution in [3.05, 3.63) is 89.5 Å². The smallest absolute Gasteiger partial charge is 0.344 e. The number of hydrazone groups is 1. The van der Waals surface area contributed by atoms with Gasteiger partial charge in [-0.25, -0.2) is 23.4 Å². The lowest BCUT2D eigenvalue weighted by Gasteiger charge is -2.18. The monoisotopic (exact) mass is 553 g/mol. The molecule has 0 bridgehead atoms. The fourth-order valence-electron chi connectivity index (χ4n) is 3.52. The number of hydrogen-bond acceptors (Lipinski definition) is 8. The molecule has 0 heterocycles. The van der Waals surface area contributed by atoms with Crippen LogP contribution in [0.25, 0.3) is 0 Å². The van der Waals surface area contributed by atoms with Crippen molar-refractivity contribution in [2.24, 2.45) is 5.10 Å². The van der Waals surface area contributed by atoms with Gasteiger partial charge in [0.2, 0.25) is 15.9 Å². The van der Waals surface area contributed by atoms with Crippen LogP contribution >= 0.6 is 0 Å². The second-order valence-electron chi connectivity index (χ2n) is 8.40. The van der Waals surface area contributed by atoms with E-state index in [1.807, 2.05) is 6.92 Å². The van der Waals surface area contributed by atoms with Crippen molar-refractivity contribution in [1.82, 2.24) is 10.1 Å². The maximum atomic E-state index is 13.0. The fraction of sp³-hybridized carbons (Fsp3) is 0.250. The number of rotatable bonds is 13. The van der Waals surface area contributed by atoms with Crippen molar-refractivity contribution in [2.45, 2.75) is 31.2 Å². The molecule has 3 rings (SSSR count). The zero-order valence-corrected chi connectivity index (χ0v) is 22.7. The highest BCUT2D eigenvalue weighted by molar-refractivity contribution is 7.89. The molecule has 0 saturated heterocycles. The Balaban J connectivity index is 1.66. The highest BCUT2D eigenvalue weighted by Gasteiger charge is 2.23. The Labute approximate surface area is 228 Å². The van der Waals surface area contributed by atoms with Crippen LogP contribution in [0.1, 0.15) is 36.1 Å². The summed E-state index contributed by atoms with van der Waals surface area (Å²) in [7, 11) is -2.43. The average molecular weight is 554 g/mol. The van der Waals surface area contributed by atoms with Crippen LogP contribution in [0, 0.1) is 6.92 Å². The number of ether oxygens (including phenoxy) is 3. The number of amides is 1. The quantitative estimate of drug-likeness (QED) is 0.188. The number of esters is 1. The highest BCUT2D eigenvalue weighted by atomic mass is 32.2. The molecule has 0 saturated carbocycles. The molecule has 3 aromatic carbocycles. The highest BCUT2D eigenvalue weighted by Crippen LogP contribution is 2.27. The summed E-state index contributed by atoms with van der Waals surface area (Å²) in [5.41, 5.74) is 4.59. The SMILES string of the molecule is CCOC(=O)COc1ccc(/C=N\NC(=O)C[C@H](NS(=O)(=O)c2ccc(C)cc2)c2ccccc2)cc1OC. The van der Waals surface area contributed by atoms with Crippen LogP contribution in [0.15, 0.2) is 82.8 Å². The van der Waals surface area contributed by atoms with E-state index in [1.165, 1.54) is 25.5 Å². The first-order chi connectivity index (χ1) is 18.7. The van der Waals surface area contributed by atoms with Gasteiger partial charge in [0.15, 0.2) is 18.1 Å². The van der Waals surface area contributed by atoms with Crippen molar-refractivity contribution >= 4 is 28.1 Å². The number of benzene rings is 3. The number of methoxy groups -OCH3 is 1. The van der Waals surface area contributed by atoms with Crippen LogP contribution < -0.4 is 19.6 Å². The Morgan fingerprint density at radius 2 is 1.72 bits per heavy atom. The molecule has 0 aliphatic carbocycles. The Morgan fingerprint density at radius 3 is 2.38 bits per heavy atom. The van der Waals surface area contributed by atoms with Gasteiger partial charge in [-0.05, 0) is 55.3 Å². The van der Waals surface area contributed by atoms with Gasteiger partial charge in [0.1, 0.15) is 0 Å². The zero-order valence-electron chi connectivity index (χ0n) is 21.9. The molecule has 206 valence electrons. The van der Waals surface area contributed by atoms with Gasteiger partial charge in [-0.2, -0.15) is 5.10 Å². The number of carbonyl (C=O) groups excluding carboxylic acids is 2. The predicted molar refractivity (Wildman–Crippen MR) is 146 cm³/mol. The molecule has 39 heavy (non-hydrogen) atoms. The summed E-state index contributed by atoms with van der Waals surface area (Å²) >= 11 is 0. The van der Waals surface area contributed by atoms with Crippen molar-refractivity contribution < 1.29 is 32.2 Å². The minimum atomic E-state index is -3.88. The number of hydrogen-bond donors (Lipinski definition) is 2. The second kappa shape index (κ2) is 14.1. The van der Waals surface area contributed by atoms with Gasteiger partial charge in [0.25, 0.3) is 0 Å². The molecule has 0 aromatic heterocycles. The lowest BCUT2D eigenvalue weighted by Crippen LogP contribution is -2.32. The Hall–Kier alpha value is -4.22. The molecular formula is C28H31N3O7S. The fourth-order valence-corrected chi connectivity index (χ4v) is 4.74. The van der Waals surface area contributed by atoms with Crippen molar-refractivity contribution in [3.8, 4) is 11.5 Å². The lowest BCUT2D eigenvalue weighted by atomic mass is 10.0. The van der Waals surface area contributed by atoms with E-state index in [2.05, 4.69) is 15.2 Å². The van der Waals surface area contributed by atoms with Crippen LogP contribution in [0.2, 0.25) is 0 Å². The summed E-state index contributed by atoms with van der Waals surface area (Å²) in [5.74, 6) is -0.279. The summed E-state index contributed by atoms with van der Waals surface area (Å²) in [6, 6.07) is 19.4. The summed E-state index contributed by atoms with van der Waals surface area (Å²) in [6.07, 6.45) is 1.22. The number of sulfonamides is 1. The van der Waals surface area contributed by atoms with Gasteiger partial charge in [-0.15, -0.1) is 0 Å². The molecule has 0 unspecified atom stereocenters. The third-order valence-corrected chi connectivity index (χ3v) is 6.95. The summed E-state index contributed by atoms with van der Waals surface area (Å²) < 4.78 is 44.2. The molecule has 0 aliphatic heterocycles. The Morgan fingerprint density at radius 1 is 1.00 bits per heavy atom. The first-order valence-corrected chi connectivity index (χ1v) is 13.6. The van der Waals surface area contributed by atoms with E-state index >= 15 is 0 Å². The van der Waals surface area contributed by atoms with Gasteiger partial charge < -0.3 is 14.2 Å². The minimum absolute atomic E-state index is 0.107. The average Bonchev–Trinajstić information content (AvgIpc) is 2.92. The first kappa shape index (κ1) is 29.3. The molecule has 10 nitrogen and oxygen atoms in total. The van der Waals surface area contributed by atoms with E-state index in [4.69, 9.17) is 14.2 Å². The van der Waals surface area contributed by atoms with Crippen molar-refractivity contribution in [1.29, 1.82) is 0 Å². The van der Waals surface area contributed by atoms with E-state index in [0.29, 0.717) is 22.6 Å². The zero-order chi connectivity index (χ0) is 28.3. The summed E-state index contributed by atoms with van der Waals surface area (Å²) in [4.78, 5) is 24.4. The predicted octanol–water partition coefficient (Wildman–Crippen LogP) is 3.51. The second-order valence-corrected chi connectivity index (χ2v) is 10.1. The topological polar surface area (TPSA) is 132 Å². The molecule has 11 heteroatoms. The molecule has 1 atom stereocenters. The van der Waals surface area contributed by atoms with Gasteiger partial charge in [0, 0.05) is 6.42 Å². The third-order valence-electron chi connectivity index (χ3n) is 5.46. The third kappa shape index (κ3) is 8.94. The van der Waals surface area contributed by atoms with Gasteiger partial charge in [0.05, 0.1) is 30.9 Å². The van der Waals surface area contributed by atoms with Gasteiger partial charge in [-0.1, -0.05) is 48.0 Å². The molecule has 1 amide bonds. The Kier molecular flexibility index (Phi) is 10.6. The van der Waals surface area contributed by atoms with Crippen LogP contribution in [0.3, 0.4) is 0 Å². The molecule has 0 aliphatic rings. The van der Waals surface area contributed by atoms with Crippen molar-refractivity contribution in [3.63, 3.8) is 0 Å². The van der Waals surface area contributed by atoms with Gasteiger partial charge >= 0.3 is 5.97 Å². The number of nitrogens with one attached hydrogen (secondary N) is 2. The number of aryl methyl sites for hydroxylation is 1. The maximum Gasteiger partial charge on any atom is 0.344 e. The first-order valence-electron chi connectivity index (χ1n) is 12.1. The van der Waals surface area contributed by atoms with Crippen LogP contribution in [0.5, 0.6) is 11.5 Å². The molecular weight excluding hydrogens is 522 g/mol. The molecule has 0 spiro atoms. The van der Waals surface area contributed by atoms with E-state index in [-0.39, 0.29) is 24.5 Å². The normalized spacial score (nSPS) is 12.1. The van der Waals surface area contributed by atoms with Crippen LogP contribution in [0.4, 0.5) is 0 Å². The van der Waals surface area contributed by atoms with E-state index < -0.39 is 27.9 Å². The van der Waals surface area contributed by atoms with Gasteiger partial charge in [-0.3, -0.25) is 4.79 Å². The molecule has 3 aromatic rings.